The molecule has 1 aliphatic rings. The third kappa shape index (κ3) is 2.69. The topological polar surface area (TPSA) is 66.8 Å². The largest absolute Gasteiger partial charge is 0.464 e. The molecule has 2 atom stereocenters. The molecule has 0 unspecified atom stereocenters. The quantitative estimate of drug-likeness (QED) is 0.650. The normalized spacial score (nSPS) is 21.9. The fourth-order valence-corrected chi connectivity index (χ4v) is 1.92. The summed E-state index contributed by atoms with van der Waals surface area (Å²) in [5, 5.41) is 19.1. The van der Waals surface area contributed by atoms with Gasteiger partial charge in [-0.25, -0.2) is 4.79 Å². The van der Waals surface area contributed by atoms with E-state index in [9.17, 15) is 15.0 Å². The number of ether oxygens (including phenoxy) is 1. The Balaban J connectivity index is 2.41. The van der Waals surface area contributed by atoms with Crippen LogP contribution < -0.4 is 0 Å². The van der Waals surface area contributed by atoms with Gasteiger partial charge >= 0.3 is 5.97 Å². The van der Waals surface area contributed by atoms with Gasteiger partial charge in [0.1, 0.15) is 0 Å². The summed E-state index contributed by atoms with van der Waals surface area (Å²) >= 11 is 0. The van der Waals surface area contributed by atoms with Crippen LogP contribution in [0.2, 0.25) is 0 Å². The van der Waals surface area contributed by atoms with Gasteiger partial charge in [0.05, 0.1) is 12.7 Å². The van der Waals surface area contributed by atoms with E-state index in [0.29, 0.717) is 0 Å². The number of aliphatic hydroxyl groups is 2. The van der Waals surface area contributed by atoms with Crippen molar-refractivity contribution in [3.8, 4) is 0 Å². The van der Waals surface area contributed by atoms with Gasteiger partial charge in [-0.05, 0) is 25.7 Å². The zero-order valence-corrected chi connectivity index (χ0v) is 8.48. The molecule has 0 saturated heterocycles. The van der Waals surface area contributed by atoms with Crippen LogP contribution in [0.25, 0.3) is 0 Å². The van der Waals surface area contributed by atoms with Crippen LogP contribution in [0.1, 0.15) is 32.6 Å². The summed E-state index contributed by atoms with van der Waals surface area (Å²) < 4.78 is 4.64. The van der Waals surface area contributed by atoms with Gasteiger partial charge < -0.3 is 14.9 Å². The highest BCUT2D eigenvalue weighted by molar-refractivity contribution is 5.75. The van der Waals surface area contributed by atoms with Gasteiger partial charge in [0.2, 0.25) is 0 Å². The Labute approximate surface area is 83.9 Å². The molecular formula is C10H18O4. The number of hydrogen-bond donors (Lipinski definition) is 2. The van der Waals surface area contributed by atoms with Crippen LogP contribution in [-0.4, -0.2) is 35.0 Å². The van der Waals surface area contributed by atoms with Crippen LogP contribution in [-0.2, 0) is 9.53 Å². The van der Waals surface area contributed by atoms with Crippen LogP contribution in [0.5, 0.6) is 0 Å². The zero-order valence-electron chi connectivity index (χ0n) is 8.48. The van der Waals surface area contributed by atoms with Gasteiger partial charge in [-0.1, -0.05) is 12.8 Å². The SMILES string of the molecule is CCOC(=O)[C@H](O)[C@H](O)C1CCCC1. The summed E-state index contributed by atoms with van der Waals surface area (Å²) in [5.41, 5.74) is 0. The first-order chi connectivity index (χ1) is 6.66. The monoisotopic (exact) mass is 202 g/mol. The Hall–Kier alpha value is -0.610. The minimum Gasteiger partial charge on any atom is -0.464 e. The second-order valence-electron chi connectivity index (χ2n) is 3.73. The first kappa shape index (κ1) is 11.5. The Morgan fingerprint density at radius 1 is 1.43 bits per heavy atom. The molecule has 0 heterocycles. The highest BCUT2D eigenvalue weighted by Crippen LogP contribution is 2.29. The van der Waals surface area contributed by atoms with E-state index in [1.165, 1.54) is 0 Å². The number of rotatable bonds is 4. The molecule has 4 heteroatoms. The number of esters is 1. The average Bonchev–Trinajstić information content (AvgIpc) is 2.68. The molecule has 14 heavy (non-hydrogen) atoms. The maximum absolute atomic E-state index is 11.1. The molecule has 0 aromatic rings. The van der Waals surface area contributed by atoms with E-state index in [-0.39, 0.29) is 12.5 Å². The van der Waals surface area contributed by atoms with Gasteiger partial charge in [0.15, 0.2) is 6.10 Å². The molecule has 0 spiro atoms. The predicted molar refractivity (Wildman–Crippen MR) is 50.6 cm³/mol. The second-order valence-corrected chi connectivity index (χ2v) is 3.73. The first-order valence-corrected chi connectivity index (χ1v) is 5.19. The number of carbonyl (C=O) groups is 1. The van der Waals surface area contributed by atoms with Crippen molar-refractivity contribution in [3.05, 3.63) is 0 Å². The Kier molecular flexibility index (Phi) is 4.35. The Bertz CT molecular complexity index is 187. The molecule has 0 aliphatic heterocycles. The van der Waals surface area contributed by atoms with E-state index < -0.39 is 18.2 Å². The maximum Gasteiger partial charge on any atom is 0.337 e. The van der Waals surface area contributed by atoms with E-state index in [1.807, 2.05) is 0 Å². The van der Waals surface area contributed by atoms with E-state index in [2.05, 4.69) is 4.74 Å². The molecule has 1 fully saturated rings. The summed E-state index contributed by atoms with van der Waals surface area (Å²) in [6.45, 7) is 1.90. The number of hydrogen-bond acceptors (Lipinski definition) is 4. The van der Waals surface area contributed by atoms with Crippen LogP contribution in [0.3, 0.4) is 0 Å². The second kappa shape index (κ2) is 5.32. The van der Waals surface area contributed by atoms with Gasteiger partial charge in [-0.3, -0.25) is 0 Å². The lowest BCUT2D eigenvalue weighted by Crippen LogP contribution is -2.39. The molecule has 0 radical (unpaired) electrons. The Morgan fingerprint density at radius 3 is 2.50 bits per heavy atom. The molecule has 0 aromatic carbocycles. The van der Waals surface area contributed by atoms with E-state index in [4.69, 9.17) is 0 Å². The van der Waals surface area contributed by atoms with Crippen molar-refractivity contribution in [2.45, 2.75) is 44.8 Å². The molecule has 1 rings (SSSR count). The van der Waals surface area contributed by atoms with Crippen molar-refractivity contribution in [2.24, 2.45) is 5.92 Å². The third-order valence-electron chi connectivity index (χ3n) is 2.73. The van der Waals surface area contributed by atoms with Crippen LogP contribution >= 0.6 is 0 Å². The molecule has 0 amide bonds. The lowest BCUT2D eigenvalue weighted by molar-refractivity contribution is -0.161. The molecule has 2 N–H and O–H groups in total. The summed E-state index contributed by atoms with van der Waals surface area (Å²) in [5.74, 6) is -0.665. The average molecular weight is 202 g/mol. The third-order valence-corrected chi connectivity index (χ3v) is 2.73. The van der Waals surface area contributed by atoms with E-state index >= 15 is 0 Å². The van der Waals surface area contributed by atoms with Gasteiger partial charge in [-0.15, -0.1) is 0 Å². The molecule has 1 aliphatic carbocycles. The number of aliphatic hydroxyl groups excluding tert-OH is 2. The van der Waals surface area contributed by atoms with Crippen LogP contribution in [0, 0.1) is 5.92 Å². The van der Waals surface area contributed by atoms with Crippen molar-refractivity contribution < 1.29 is 19.7 Å². The fraction of sp³-hybridized carbons (Fsp3) is 0.900. The molecule has 4 nitrogen and oxygen atoms in total. The first-order valence-electron chi connectivity index (χ1n) is 5.19. The summed E-state index contributed by atoms with van der Waals surface area (Å²) in [7, 11) is 0. The van der Waals surface area contributed by atoms with Crippen LogP contribution in [0.15, 0.2) is 0 Å². The lowest BCUT2D eigenvalue weighted by atomic mass is 9.96. The molecular weight excluding hydrogens is 184 g/mol. The van der Waals surface area contributed by atoms with Gasteiger partial charge in [0, 0.05) is 0 Å². The Morgan fingerprint density at radius 2 is 2.00 bits per heavy atom. The van der Waals surface area contributed by atoms with E-state index in [1.54, 1.807) is 6.92 Å². The molecule has 82 valence electrons. The summed E-state index contributed by atoms with van der Waals surface area (Å²) in [6.07, 6.45) is 1.57. The van der Waals surface area contributed by atoms with Crippen molar-refractivity contribution in [3.63, 3.8) is 0 Å². The van der Waals surface area contributed by atoms with Gasteiger partial charge in [0.25, 0.3) is 0 Å². The van der Waals surface area contributed by atoms with E-state index in [0.717, 1.165) is 25.7 Å². The fourth-order valence-electron chi connectivity index (χ4n) is 1.92. The predicted octanol–water partition coefficient (Wildman–Crippen LogP) is 0.461. The summed E-state index contributed by atoms with van der Waals surface area (Å²) in [6, 6.07) is 0. The smallest absolute Gasteiger partial charge is 0.337 e. The molecule has 0 aromatic heterocycles. The van der Waals surface area contributed by atoms with Crippen molar-refractivity contribution in [1.29, 1.82) is 0 Å². The zero-order chi connectivity index (χ0) is 10.6. The minimum absolute atomic E-state index is 0.0504. The molecule has 0 bridgehead atoms. The highest BCUT2D eigenvalue weighted by Gasteiger charge is 2.33. The summed E-state index contributed by atoms with van der Waals surface area (Å²) in [4.78, 5) is 11.1. The lowest BCUT2D eigenvalue weighted by Gasteiger charge is -2.21. The van der Waals surface area contributed by atoms with Crippen molar-refractivity contribution in [2.75, 3.05) is 6.61 Å². The molecule has 1 saturated carbocycles. The number of carbonyl (C=O) groups excluding carboxylic acids is 1. The van der Waals surface area contributed by atoms with Crippen molar-refractivity contribution >= 4 is 5.97 Å². The van der Waals surface area contributed by atoms with Crippen molar-refractivity contribution in [1.82, 2.24) is 0 Å². The maximum atomic E-state index is 11.1. The standard InChI is InChI=1S/C10H18O4/c1-2-14-10(13)9(12)8(11)7-5-3-4-6-7/h7-9,11-12H,2-6H2,1H3/t8-,9-/m1/s1. The van der Waals surface area contributed by atoms with Gasteiger partial charge in [-0.2, -0.15) is 0 Å². The van der Waals surface area contributed by atoms with Crippen LogP contribution in [0.4, 0.5) is 0 Å². The highest BCUT2D eigenvalue weighted by atomic mass is 16.5. The minimum atomic E-state index is -1.38.